The second-order valence-corrected chi connectivity index (χ2v) is 4.18. The van der Waals surface area contributed by atoms with Crippen molar-refractivity contribution in [1.82, 2.24) is 5.32 Å². The number of benzene rings is 1. The van der Waals surface area contributed by atoms with Crippen molar-refractivity contribution in [1.29, 1.82) is 0 Å². The number of hydrogen-bond acceptors (Lipinski definition) is 4. The van der Waals surface area contributed by atoms with Gasteiger partial charge in [0.2, 0.25) is 0 Å². The fourth-order valence-electron chi connectivity index (χ4n) is 1.79. The summed E-state index contributed by atoms with van der Waals surface area (Å²) in [5, 5.41) is 12.8. The zero-order valence-electron chi connectivity index (χ0n) is 11.4. The minimum atomic E-state index is -0.218. The van der Waals surface area contributed by atoms with Crippen molar-refractivity contribution in [3.63, 3.8) is 0 Å². The summed E-state index contributed by atoms with van der Waals surface area (Å²) in [6.07, 6.45) is 1.34. The Kier molecular flexibility index (Phi) is 6.54. The van der Waals surface area contributed by atoms with Gasteiger partial charge in [-0.15, -0.1) is 0 Å². The molecule has 1 unspecified atom stereocenters. The molecule has 1 aromatic rings. The lowest BCUT2D eigenvalue weighted by Gasteiger charge is -2.13. The van der Waals surface area contributed by atoms with E-state index in [1.807, 2.05) is 25.1 Å². The van der Waals surface area contributed by atoms with Gasteiger partial charge in [0.1, 0.15) is 0 Å². The Bertz CT molecular complexity index is 355. The molecule has 0 aromatic heterocycles. The molecule has 0 bridgehead atoms. The van der Waals surface area contributed by atoms with E-state index in [0.717, 1.165) is 36.4 Å². The summed E-state index contributed by atoms with van der Waals surface area (Å²) in [5.74, 6) is 1.51. The predicted octanol–water partition coefficient (Wildman–Crippen LogP) is 1.95. The quantitative estimate of drug-likeness (QED) is 0.695. The zero-order valence-corrected chi connectivity index (χ0v) is 11.4. The van der Waals surface area contributed by atoms with E-state index >= 15 is 0 Å². The van der Waals surface area contributed by atoms with Crippen LogP contribution in [0.15, 0.2) is 18.2 Å². The van der Waals surface area contributed by atoms with Crippen molar-refractivity contribution in [2.24, 2.45) is 0 Å². The monoisotopic (exact) mass is 253 g/mol. The summed E-state index contributed by atoms with van der Waals surface area (Å²) >= 11 is 0. The number of methoxy groups -OCH3 is 2. The molecule has 0 heterocycles. The van der Waals surface area contributed by atoms with Gasteiger partial charge >= 0.3 is 0 Å². The zero-order chi connectivity index (χ0) is 13.4. The van der Waals surface area contributed by atoms with Crippen LogP contribution in [0.3, 0.4) is 0 Å². The minimum absolute atomic E-state index is 0.218. The van der Waals surface area contributed by atoms with Gasteiger partial charge < -0.3 is 19.9 Å². The lowest BCUT2D eigenvalue weighted by Crippen LogP contribution is -2.20. The molecule has 0 saturated carbocycles. The first kappa shape index (κ1) is 14.8. The molecule has 102 valence electrons. The highest BCUT2D eigenvalue weighted by atomic mass is 16.5. The highest BCUT2D eigenvalue weighted by Crippen LogP contribution is 2.30. The van der Waals surface area contributed by atoms with Gasteiger partial charge in [-0.1, -0.05) is 19.1 Å². The second kappa shape index (κ2) is 7.95. The third-order valence-electron chi connectivity index (χ3n) is 2.93. The Morgan fingerprint density at radius 3 is 2.67 bits per heavy atom. The summed E-state index contributed by atoms with van der Waals surface area (Å²) in [6, 6.07) is 5.83. The van der Waals surface area contributed by atoms with Crippen LogP contribution in [0, 0.1) is 0 Å². The number of aliphatic hydroxyl groups excluding tert-OH is 1. The molecule has 0 saturated heterocycles. The van der Waals surface area contributed by atoms with Gasteiger partial charge in [0.05, 0.1) is 20.3 Å². The fourth-order valence-corrected chi connectivity index (χ4v) is 1.79. The van der Waals surface area contributed by atoms with Crippen LogP contribution in [0.25, 0.3) is 0 Å². The molecule has 2 N–H and O–H groups in total. The van der Waals surface area contributed by atoms with Crippen LogP contribution >= 0.6 is 0 Å². The van der Waals surface area contributed by atoms with Gasteiger partial charge in [0.25, 0.3) is 0 Å². The van der Waals surface area contributed by atoms with Crippen LogP contribution in [0.2, 0.25) is 0 Å². The Labute approximate surface area is 109 Å². The average Bonchev–Trinajstić information content (AvgIpc) is 2.42. The molecule has 0 aliphatic heterocycles. The minimum Gasteiger partial charge on any atom is -0.493 e. The Balaban J connectivity index is 2.51. The van der Waals surface area contributed by atoms with Crippen LogP contribution < -0.4 is 14.8 Å². The van der Waals surface area contributed by atoms with Crippen LogP contribution in [-0.4, -0.2) is 32.0 Å². The van der Waals surface area contributed by atoms with Crippen molar-refractivity contribution in [3.8, 4) is 11.5 Å². The van der Waals surface area contributed by atoms with E-state index in [9.17, 15) is 5.11 Å². The molecule has 0 radical (unpaired) electrons. The largest absolute Gasteiger partial charge is 0.493 e. The SMILES string of the molecule is CCC(O)CCNCc1cccc(OC)c1OC. The van der Waals surface area contributed by atoms with Gasteiger partial charge in [-0.25, -0.2) is 0 Å². The van der Waals surface area contributed by atoms with Crippen LogP contribution in [0.4, 0.5) is 0 Å². The van der Waals surface area contributed by atoms with Gasteiger partial charge in [-0.2, -0.15) is 0 Å². The summed E-state index contributed by atoms with van der Waals surface area (Å²) in [6.45, 7) is 3.47. The van der Waals surface area contributed by atoms with Crippen molar-refractivity contribution in [2.75, 3.05) is 20.8 Å². The maximum absolute atomic E-state index is 9.45. The summed E-state index contributed by atoms with van der Waals surface area (Å²) in [7, 11) is 3.27. The van der Waals surface area contributed by atoms with E-state index in [0.29, 0.717) is 6.54 Å². The van der Waals surface area contributed by atoms with E-state index in [1.54, 1.807) is 14.2 Å². The van der Waals surface area contributed by atoms with E-state index in [-0.39, 0.29) is 6.10 Å². The predicted molar refractivity (Wildman–Crippen MR) is 72.2 cm³/mol. The summed E-state index contributed by atoms with van der Waals surface area (Å²) in [5.41, 5.74) is 1.06. The highest BCUT2D eigenvalue weighted by molar-refractivity contribution is 5.46. The molecule has 4 heteroatoms. The number of para-hydroxylation sites is 1. The van der Waals surface area contributed by atoms with Crippen molar-refractivity contribution in [3.05, 3.63) is 23.8 Å². The van der Waals surface area contributed by atoms with Crippen molar-refractivity contribution >= 4 is 0 Å². The van der Waals surface area contributed by atoms with Crippen molar-refractivity contribution < 1.29 is 14.6 Å². The lowest BCUT2D eigenvalue weighted by molar-refractivity contribution is 0.159. The first-order chi connectivity index (χ1) is 8.72. The number of nitrogens with one attached hydrogen (secondary N) is 1. The maximum atomic E-state index is 9.45. The van der Waals surface area contributed by atoms with Gasteiger partial charge in [0.15, 0.2) is 11.5 Å². The topological polar surface area (TPSA) is 50.7 Å². The van der Waals surface area contributed by atoms with Crippen molar-refractivity contribution in [2.45, 2.75) is 32.4 Å². The first-order valence-electron chi connectivity index (χ1n) is 6.31. The Morgan fingerprint density at radius 1 is 1.28 bits per heavy atom. The van der Waals surface area contributed by atoms with Gasteiger partial charge in [0, 0.05) is 12.1 Å². The standard InChI is InChI=1S/C14H23NO3/c1-4-12(16)8-9-15-10-11-6-5-7-13(17-2)14(11)18-3/h5-7,12,15-16H,4,8-10H2,1-3H3. The summed E-state index contributed by atoms with van der Waals surface area (Å²) < 4.78 is 10.6. The Morgan fingerprint density at radius 2 is 2.06 bits per heavy atom. The van der Waals surface area contributed by atoms with Gasteiger partial charge in [-0.3, -0.25) is 0 Å². The third-order valence-corrected chi connectivity index (χ3v) is 2.93. The Hall–Kier alpha value is -1.26. The molecule has 0 spiro atoms. The molecular formula is C14H23NO3. The number of rotatable bonds is 8. The van der Waals surface area contributed by atoms with Crippen LogP contribution in [0.5, 0.6) is 11.5 Å². The average molecular weight is 253 g/mol. The van der Waals surface area contributed by atoms with E-state index in [4.69, 9.17) is 9.47 Å². The molecular weight excluding hydrogens is 230 g/mol. The molecule has 1 aromatic carbocycles. The molecule has 4 nitrogen and oxygen atoms in total. The number of aliphatic hydroxyl groups is 1. The number of ether oxygens (including phenoxy) is 2. The second-order valence-electron chi connectivity index (χ2n) is 4.18. The lowest BCUT2D eigenvalue weighted by atomic mass is 10.1. The van der Waals surface area contributed by atoms with Crippen LogP contribution in [0.1, 0.15) is 25.3 Å². The first-order valence-corrected chi connectivity index (χ1v) is 6.31. The molecule has 0 amide bonds. The normalized spacial score (nSPS) is 12.2. The maximum Gasteiger partial charge on any atom is 0.165 e. The molecule has 1 rings (SSSR count). The highest BCUT2D eigenvalue weighted by Gasteiger charge is 2.08. The molecule has 0 aliphatic rings. The molecule has 0 fully saturated rings. The molecule has 18 heavy (non-hydrogen) atoms. The summed E-state index contributed by atoms with van der Waals surface area (Å²) in [4.78, 5) is 0. The fraction of sp³-hybridized carbons (Fsp3) is 0.571. The van der Waals surface area contributed by atoms with Gasteiger partial charge in [-0.05, 0) is 25.5 Å². The van der Waals surface area contributed by atoms with Crippen LogP contribution in [-0.2, 0) is 6.54 Å². The van der Waals surface area contributed by atoms with E-state index in [2.05, 4.69) is 5.32 Å². The molecule has 0 aliphatic carbocycles. The number of hydrogen-bond donors (Lipinski definition) is 2. The van der Waals surface area contributed by atoms with E-state index in [1.165, 1.54) is 0 Å². The smallest absolute Gasteiger partial charge is 0.165 e. The third kappa shape index (κ3) is 4.20. The molecule has 1 atom stereocenters. The van der Waals surface area contributed by atoms with E-state index < -0.39 is 0 Å².